The second-order valence-electron chi connectivity index (χ2n) is 5.60. The van der Waals surface area contributed by atoms with E-state index in [0.29, 0.717) is 18.7 Å². The fraction of sp³-hybridized carbons (Fsp3) is 0.467. The highest BCUT2D eigenvalue weighted by Gasteiger charge is 2.15. The van der Waals surface area contributed by atoms with Crippen LogP contribution in [0, 0.1) is 0 Å². The molecule has 0 aliphatic heterocycles. The Bertz CT molecular complexity index is 521. The van der Waals surface area contributed by atoms with Gasteiger partial charge in [-0.3, -0.25) is 14.8 Å². The molecule has 0 bridgehead atoms. The third kappa shape index (κ3) is 6.83. The van der Waals surface area contributed by atoms with E-state index in [4.69, 9.17) is 4.74 Å². The third-order valence-electron chi connectivity index (χ3n) is 2.44. The average molecular weight is 306 g/mol. The standard InChI is InChI=1S/C15H22N4O3/c1-15(2,3)22-14(21)18-8-7-17-13(20)11-5-6-12(10-16-4)19-9-11/h5-6,9H,4,7-8,10H2,1-3H3,(H,17,20)(H,18,21). The first-order valence-electron chi connectivity index (χ1n) is 6.94. The summed E-state index contributed by atoms with van der Waals surface area (Å²) in [5.41, 5.74) is 0.657. The van der Waals surface area contributed by atoms with Crippen LogP contribution in [0.15, 0.2) is 23.3 Å². The van der Waals surface area contributed by atoms with Gasteiger partial charge in [0, 0.05) is 19.3 Å². The summed E-state index contributed by atoms with van der Waals surface area (Å²) in [6.07, 6.45) is 0.974. The van der Waals surface area contributed by atoms with Crippen molar-refractivity contribution in [3.05, 3.63) is 29.6 Å². The Hall–Kier alpha value is -2.44. The van der Waals surface area contributed by atoms with E-state index >= 15 is 0 Å². The number of carbonyl (C=O) groups is 2. The number of aliphatic imine (C=N–C) groups is 1. The number of ether oxygens (including phenoxy) is 1. The molecule has 0 saturated carbocycles. The lowest BCUT2D eigenvalue weighted by molar-refractivity contribution is 0.0526. The second kappa shape index (κ2) is 8.11. The summed E-state index contributed by atoms with van der Waals surface area (Å²) in [6, 6.07) is 3.40. The van der Waals surface area contributed by atoms with Gasteiger partial charge in [-0.1, -0.05) is 0 Å². The molecule has 0 atom stereocenters. The monoisotopic (exact) mass is 306 g/mol. The summed E-state index contributed by atoms with van der Waals surface area (Å²) in [4.78, 5) is 31.1. The summed E-state index contributed by atoms with van der Waals surface area (Å²) < 4.78 is 5.08. The lowest BCUT2D eigenvalue weighted by Crippen LogP contribution is -2.37. The Morgan fingerprint density at radius 3 is 2.50 bits per heavy atom. The zero-order chi connectivity index (χ0) is 16.6. The highest BCUT2D eigenvalue weighted by molar-refractivity contribution is 5.93. The van der Waals surface area contributed by atoms with Gasteiger partial charge >= 0.3 is 6.09 Å². The maximum atomic E-state index is 11.9. The largest absolute Gasteiger partial charge is 0.444 e. The Kier molecular flexibility index (Phi) is 6.49. The van der Waals surface area contributed by atoms with E-state index in [-0.39, 0.29) is 12.5 Å². The van der Waals surface area contributed by atoms with Gasteiger partial charge in [-0.2, -0.15) is 0 Å². The van der Waals surface area contributed by atoms with Crippen LogP contribution in [0.1, 0.15) is 36.8 Å². The van der Waals surface area contributed by atoms with Gasteiger partial charge < -0.3 is 15.4 Å². The summed E-state index contributed by atoms with van der Waals surface area (Å²) in [5.74, 6) is -0.253. The van der Waals surface area contributed by atoms with Crippen molar-refractivity contribution < 1.29 is 14.3 Å². The van der Waals surface area contributed by atoms with Crippen LogP contribution in [0.25, 0.3) is 0 Å². The van der Waals surface area contributed by atoms with E-state index < -0.39 is 11.7 Å². The molecular weight excluding hydrogens is 284 g/mol. The van der Waals surface area contributed by atoms with Gasteiger partial charge in [0.25, 0.3) is 5.91 Å². The Labute approximate surface area is 130 Å². The molecule has 1 rings (SSSR count). The number of nitrogens with one attached hydrogen (secondary N) is 2. The van der Waals surface area contributed by atoms with E-state index in [1.54, 1.807) is 32.9 Å². The summed E-state index contributed by atoms with van der Waals surface area (Å²) >= 11 is 0. The molecule has 0 fully saturated rings. The van der Waals surface area contributed by atoms with Crippen LogP contribution in [0.5, 0.6) is 0 Å². The van der Waals surface area contributed by atoms with Crippen LogP contribution in [-0.2, 0) is 11.3 Å². The predicted octanol–water partition coefficient (Wildman–Crippen LogP) is 1.54. The zero-order valence-electron chi connectivity index (χ0n) is 13.2. The van der Waals surface area contributed by atoms with Gasteiger partial charge in [0.1, 0.15) is 5.60 Å². The van der Waals surface area contributed by atoms with Crippen LogP contribution < -0.4 is 10.6 Å². The molecule has 0 unspecified atom stereocenters. The summed E-state index contributed by atoms with van der Waals surface area (Å²) in [6.45, 7) is 9.74. The highest BCUT2D eigenvalue weighted by Crippen LogP contribution is 2.06. The first kappa shape index (κ1) is 17.6. The lowest BCUT2D eigenvalue weighted by Gasteiger charge is -2.19. The van der Waals surface area contributed by atoms with Crippen molar-refractivity contribution >= 4 is 18.7 Å². The van der Waals surface area contributed by atoms with Crippen LogP contribution in [-0.4, -0.2) is 42.4 Å². The van der Waals surface area contributed by atoms with Gasteiger partial charge in [0.05, 0.1) is 17.8 Å². The van der Waals surface area contributed by atoms with Crippen molar-refractivity contribution in [3.63, 3.8) is 0 Å². The minimum atomic E-state index is -0.541. The minimum absolute atomic E-state index is 0.253. The number of hydrogen-bond acceptors (Lipinski definition) is 5. The highest BCUT2D eigenvalue weighted by atomic mass is 16.6. The second-order valence-corrected chi connectivity index (χ2v) is 5.60. The molecule has 2 N–H and O–H groups in total. The van der Waals surface area contributed by atoms with E-state index in [1.807, 2.05) is 0 Å². The lowest BCUT2D eigenvalue weighted by atomic mass is 10.2. The SMILES string of the molecule is C=NCc1ccc(C(=O)NCCNC(=O)OC(C)(C)C)cn1. The maximum absolute atomic E-state index is 11.9. The van der Waals surface area contributed by atoms with Crippen molar-refractivity contribution in [1.29, 1.82) is 0 Å². The summed E-state index contributed by atoms with van der Waals surface area (Å²) in [5, 5.41) is 5.24. The molecular formula is C15H22N4O3. The fourth-order valence-electron chi connectivity index (χ4n) is 1.52. The van der Waals surface area contributed by atoms with Gasteiger partial charge in [-0.25, -0.2) is 4.79 Å². The molecule has 22 heavy (non-hydrogen) atoms. The van der Waals surface area contributed by atoms with Crippen LogP contribution in [0.2, 0.25) is 0 Å². The minimum Gasteiger partial charge on any atom is -0.444 e. The number of alkyl carbamates (subject to hydrolysis) is 1. The quantitative estimate of drug-likeness (QED) is 0.616. The van der Waals surface area contributed by atoms with Gasteiger partial charge in [0.2, 0.25) is 0 Å². The molecule has 0 radical (unpaired) electrons. The molecule has 0 aliphatic rings. The molecule has 1 aromatic heterocycles. The number of carbonyl (C=O) groups excluding carboxylic acids is 2. The molecule has 7 heteroatoms. The van der Waals surface area contributed by atoms with Crippen LogP contribution in [0.4, 0.5) is 4.79 Å². The third-order valence-corrected chi connectivity index (χ3v) is 2.44. The summed E-state index contributed by atoms with van der Waals surface area (Å²) in [7, 11) is 0. The fourth-order valence-corrected chi connectivity index (χ4v) is 1.52. The topological polar surface area (TPSA) is 92.7 Å². The molecule has 0 spiro atoms. The number of pyridine rings is 1. The Morgan fingerprint density at radius 2 is 1.95 bits per heavy atom. The normalized spacial score (nSPS) is 10.7. The molecule has 120 valence electrons. The van der Waals surface area contributed by atoms with Gasteiger partial charge in [-0.05, 0) is 39.6 Å². The van der Waals surface area contributed by atoms with E-state index in [9.17, 15) is 9.59 Å². The van der Waals surface area contributed by atoms with Gasteiger partial charge in [-0.15, -0.1) is 0 Å². The molecule has 2 amide bonds. The van der Waals surface area contributed by atoms with Crippen molar-refractivity contribution in [2.75, 3.05) is 13.1 Å². The van der Waals surface area contributed by atoms with Crippen molar-refractivity contribution in [1.82, 2.24) is 15.6 Å². The molecule has 0 aliphatic carbocycles. The Balaban J connectivity index is 2.31. The Morgan fingerprint density at radius 1 is 1.27 bits per heavy atom. The predicted molar refractivity (Wildman–Crippen MR) is 84.1 cm³/mol. The van der Waals surface area contributed by atoms with E-state index in [2.05, 4.69) is 27.3 Å². The first-order chi connectivity index (χ1) is 10.3. The van der Waals surface area contributed by atoms with E-state index in [0.717, 1.165) is 5.69 Å². The van der Waals surface area contributed by atoms with Crippen molar-refractivity contribution in [2.45, 2.75) is 32.9 Å². The maximum Gasteiger partial charge on any atom is 0.407 e. The molecule has 7 nitrogen and oxygen atoms in total. The number of amides is 2. The van der Waals surface area contributed by atoms with E-state index in [1.165, 1.54) is 6.20 Å². The van der Waals surface area contributed by atoms with Gasteiger partial charge in [0.15, 0.2) is 0 Å². The van der Waals surface area contributed by atoms with Crippen molar-refractivity contribution in [3.8, 4) is 0 Å². The van der Waals surface area contributed by atoms with Crippen LogP contribution in [0.3, 0.4) is 0 Å². The zero-order valence-corrected chi connectivity index (χ0v) is 13.2. The average Bonchev–Trinajstić information content (AvgIpc) is 2.42. The number of nitrogens with zero attached hydrogens (tertiary/aromatic N) is 2. The number of aromatic nitrogens is 1. The molecule has 0 saturated heterocycles. The number of rotatable bonds is 6. The van der Waals surface area contributed by atoms with Crippen molar-refractivity contribution in [2.24, 2.45) is 4.99 Å². The number of hydrogen-bond donors (Lipinski definition) is 2. The molecule has 1 heterocycles. The smallest absolute Gasteiger partial charge is 0.407 e. The molecule has 0 aromatic carbocycles. The molecule has 1 aromatic rings. The first-order valence-corrected chi connectivity index (χ1v) is 6.94. The van der Waals surface area contributed by atoms with Crippen LogP contribution >= 0.6 is 0 Å².